The fourth-order valence-electron chi connectivity index (χ4n) is 2.68. The molecular weight excluding hydrogens is 174 g/mol. The minimum atomic E-state index is 0.443. The predicted molar refractivity (Wildman–Crippen MR) is 58.4 cm³/mol. The molecular formula is C12H23NO. The minimum Gasteiger partial charge on any atom is -0.381 e. The van der Waals surface area contributed by atoms with Crippen LogP contribution >= 0.6 is 0 Å². The molecule has 0 aliphatic carbocycles. The van der Waals surface area contributed by atoms with Gasteiger partial charge in [0.15, 0.2) is 0 Å². The molecule has 0 aromatic heterocycles. The summed E-state index contributed by atoms with van der Waals surface area (Å²) >= 11 is 0. The summed E-state index contributed by atoms with van der Waals surface area (Å²) < 4.78 is 5.45. The molecule has 0 saturated carbocycles. The Kier molecular flexibility index (Phi) is 3.13. The molecule has 82 valence electrons. The number of rotatable bonds is 1. The second-order valence-corrected chi connectivity index (χ2v) is 5.28. The van der Waals surface area contributed by atoms with E-state index in [1.807, 2.05) is 0 Å². The zero-order valence-electron chi connectivity index (χ0n) is 9.59. The van der Waals surface area contributed by atoms with Crippen molar-refractivity contribution in [1.29, 1.82) is 0 Å². The third-order valence-corrected chi connectivity index (χ3v) is 4.12. The smallest absolute Gasteiger partial charge is 0.0483 e. The molecule has 0 aromatic rings. The molecule has 2 nitrogen and oxygen atoms in total. The molecule has 14 heavy (non-hydrogen) atoms. The lowest BCUT2D eigenvalue weighted by Gasteiger charge is -2.46. The van der Waals surface area contributed by atoms with E-state index in [2.05, 4.69) is 18.7 Å². The number of likely N-dealkylation sites (tertiary alicyclic amines) is 1. The molecule has 2 fully saturated rings. The first kappa shape index (κ1) is 10.4. The Bertz CT molecular complexity index is 179. The van der Waals surface area contributed by atoms with Crippen molar-refractivity contribution in [2.24, 2.45) is 5.92 Å². The monoisotopic (exact) mass is 197 g/mol. The van der Waals surface area contributed by atoms with Gasteiger partial charge in [0.25, 0.3) is 0 Å². The lowest BCUT2D eigenvalue weighted by Crippen LogP contribution is -2.52. The van der Waals surface area contributed by atoms with Gasteiger partial charge in [-0.15, -0.1) is 0 Å². The third-order valence-electron chi connectivity index (χ3n) is 4.12. The standard InChI is InChI=1S/C12H23NO/c1-11-3-7-13(8-4-11)12(2)5-9-14-10-6-12/h11H,3-10H2,1-2H3. The van der Waals surface area contributed by atoms with E-state index in [9.17, 15) is 0 Å². The van der Waals surface area contributed by atoms with Gasteiger partial charge in [-0.05, 0) is 51.6 Å². The number of nitrogens with zero attached hydrogens (tertiary/aromatic N) is 1. The normalized spacial score (nSPS) is 30.4. The quantitative estimate of drug-likeness (QED) is 0.639. The van der Waals surface area contributed by atoms with Crippen molar-refractivity contribution < 1.29 is 4.74 Å². The molecule has 0 N–H and O–H groups in total. The third kappa shape index (κ3) is 2.12. The average molecular weight is 197 g/mol. The summed E-state index contributed by atoms with van der Waals surface area (Å²) in [4.78, 5) is 2.70. The van der Waals surface area contributed by atoms with E-state index in [1.54, 1.807) is 0 Å². The van der Waals surface area contributed by atoms with Gasteiger partial charge in [-0.3, -0.25) is 4.90 Å². The van der Waals surface area contributed by atoms with E-state index in [0.717, 1.165) is 19.1 Å². The van der Waals surface area contributed by atoms with Crippen LogP contribution in [-0.4, -0.2) is 36.7 Å². The molecule has 0 radical (unpaired) electrons. The minimum absolute atomic E-state index is 0.443. The number of hydrogen-bond acceptors (Lipinski definition) is 2. The molecule has 0 atom stereocenters. The van der Waals surface area contributed by atoms with Gasteiger partial charge in [0.05, 0.1) is 0 Å². The second-order valence-electron chi connectivity index (χ2n) is 5.28. The second kappa shape index (κ2) is 4.19. The molecule has 2 rings (SSSR count). The van der Waals surface area contributed by atoms with Crippen LogP contribution in [0.4, 0.5) is 0 Å². The molecule has 0 bridgehead atoms. The first-order valence-corrected chi connectivity index (χ1v) is 6.03. The molecule has 2 aliphatic heterocycles. The molecule has 2 heteroatoms. The van der Waals surface area contributed by atoms with E-state index < -0.39 is 0 Å². The van der Waals surface area contributed by atoms with Crippen molar-refractivity contribution in [1.82, 2.24) is 4.90 Å². The molecule has 0 amide bonds. The van der Waals surface area contributed by atoms with Crippen molar-refractivity contribution in [2.45, 2.75) is 45.1 Å². The van der Waals surface area contributed by atoms with Gasteiger partial charge in [-0.25, -0.2) is 0 Å². The van der Waals surface area contributed by atoms with Gasteiger partial charge < -0.3 is 4.74 Å². The SMILES string of the molecule is CC1CCN(C2(C)CCOCC2)CC1. The van der Waals surface area contributed by atoms with Crippen LogP contribution in [0.2, 0.25) is 0 Å². The Labute approximate surface area is 87.6 Å². The fourth-order valence-corrected chi connectivity index (χ4v) is 2.68. The Morgan fingerprint density at radius 2 is 1.71 bits per heavy atom. The zero-order chi connectivity index (χ0) is 10.0. The lowest BCUT2D eigenvalue weighted by atomic mass is 9.87. The summed E-state index contributed by atoms with van der Waals surface area (Å²) in [6.45, 7) is 9.33. The summed E-state index contributed by atoms with van der Waals surface area (Å²) in [6, 6.07) is 0. The topological polar surface area (TPSA) is 12.5 Å². The van der Waals surface area contributed by atoms with Gasteiger partial charge in [0.2, 0.25) is 0 Å². The van der Waals surface area contributed by atoms with Crippen molar-refractivity contribution in [3.05, 3.63) is 0 Å². The highest BCUT2D eigenvalue weighted by Crippen LogP contribution is 2.31. The van der Waals surface area contributed by atoms with Gasteiger partial charge in [-0.2, -0.15) is 0 Å². The van der Waals surface area contributed by atoms with Crippen molar-refractivity contribution >= 4 is 0 Å². The molecule has 0 spiro atoms. The van der Waals surface area contributed by atoms with Crippen molar-refractivity contribution in [3.8, 4) is 0 Å². The fraction of sp³-hybridized carbons (Fsp3) is 1.00. The number of hydrogen-bond donors (Lipinski definition) is 0. The summed E-state index contributed by atoms with van der Waals surface area (Å²) in [5, 5.41) is 0. The van der Waals surface area contributed by atoms with Crippen LogP contribution in [0.25, 0.3) is 0 Å². The van der Waals surface area contributed by atoms with Gasteiger partial charge in [0.1, 0.15) is 0 Å². The maximum Gasteiger partial charge on any atom is 0.0483 e. The van der Waals surface area contributed by atoms with Crippen LogP contribution in [0.5, 0.6) is 0 Å². The molecule has 0 unspecified atom stereocenters. The summed E-state index contributed by atoms with van der Waals surface area (Å²) in [7, 11) is 0. The first-order valence-electron chi connectivity index (χ1n) is 6.03. The van der Waals surface area contributed by atoms with Crippen molar-refractivity contribution in [3.63, 3.8) is 0 Å². The first-order chi connectivity index (χ1) is 6.71. The van der Waals surface area contributed by atoms with Crippen LogP contribution in [0.1, 0.15) is 39.5 Å². The molecule has 2 aliphatic rings. The molecule has 2 heterocycles. The highest BCUT2D eigenvalue weighted by atomic mass is 16.5. The van der Waals surface area contributed by atoms with Crippen LogP contribution in [0.15, 0.2) is 0 Å². The lowest BCUT2D eigenvalue weighted by molar-refractivity contribution is -0.0311. The number of piperidine rings is 1. The molecule has 2 saturated heterocycles. The van der Waals surface area contributed by atoms with Gasteiger partial charge >= 0.3 is 0 Å². The highest BCUT2D eigenvalue weighted by molar-refractivity contribution is 4.90. The number of ether oxygens (including phenoxy) is 1. The predicted octanol–water partition coefficient (Wildman–Crippen LogP) is 2.29. The van der Waals surface area contributed by atoms with E-state index in [0.29, 0.717) is 5.54 Å². The van der Waals surface area contributed by atoms with E-state index >= 15 is 0 Å². The van der Waals surface area contributed by atoms with E-state index in [-0.39, 0.29) is 0 Å². The van der Waals surface area contributed by atoms with E-state index in [4.69, 9.17) is 4.74 Å². The Balaban J connectivity index is 1.92. The largest absolute Gasteiger partial charge is 0.381 e. The maximum absolute atomic E-state index is 5.45. The Hall–Kier alpha value is -0.0800. The Morgan fingerprint density at radius 3 is 2.29 bits per heavy atom. The van der Waals surface area contributed by atoms with Crippen molar-refractivity contribution in [2.75, 3.05) is 26.3 Å². The van der Waals surface area contributed by atoms with Crippen LogP contribution in [0, 0.1) is 5.92 Å². The zero-order valence-corrected chi connectivity index (χ0v) is 9.59. The highest BCUT2D eigenvalue weighted by Gasteiger charge is 2.35. The van der Waals surface area contributed by atoms with Crippen LogP contribution in [0.3, 0.4) is 0 Å². The average Bonchev–Trinajstić information content (AvgIpc) is 2.19. The summed E-state index contributed by atoms with van der Waals surface area (Å²) in [5.41, 5.74) is 0.443. The summed E-state index contributed by atoms with van der Waals surface area (Å²) in [6.07, 6.45) is 5.22. The maximum atomic E-state index is 5.45. The Morgan fingerprint density at radius 1 is 1.14 bits per heavy atom. The van der Waals surface area contributed by atoms with Crippen LogP contribution < -0.4 is 0 Å². The van der Waals surface area contributed by atoms with E-state index in [1.165, 1.54) is 38.8 Å². The van der Waals surface area contributed by atoms with Gasteiger partial charge in [0, 0.05) is 18.8 Å². The van der Waals surface area contributed by atoms with Crippen LogP contribution in [-0.2, 0) is 4.74 Å². The molecule has 0 aromatic carbocycles. The van der Waals surface area contributed by atoms with Gasteiger partial charge in [-0.1, -0.05) is 6.92 Å². The summed E-state index contributed by atoms with van der Waals surface area (Å²) in [5.74, 6) is 0.940.